The number of nitrogens with zero attached hydrogens (tertiary/aromatic N) is 2. The molecule has 3 N–H and O–H groups in total. The minimum Gasteiger partial charge on any atom is -0.383 e. The van der Waals surface area contributed by atoms with E-state index in [0.29, 0.717) is 19.1 Å². The second kappa shape index (κ2) is 5.71. The number of anilines is 1. The van der Waals surface area contributed by atoms with Gasteiger partial charge in [-0.1, -0.05) is 6.07 Å². The lowest BCUT2D eigenvalue weighted by atomic mass is 10.2. The first kappa shape index (κ1) is 13.4. The summed E-state index contributed by atoms with van der Waals surface area (Å²) in [6, 6.07) is 5.85. The molecule has 1 amide bonds. The molecule has 0 aliphatic heterocycles. The minimum atomic E-state index is -0.108. The van der Waals surface area contributed by atoms with E-state index in [1.54, 1.807) is 11.7 Å². The van der Waals surface area contributed by atoms with Gasteiger partial charge in [0.05, 0.1) is 17.6 Å². The summed E-state index contributed by atoms with van der Waals surface area (Å²) in [5.74, 6) is 0.242. The van der Waals surface area contributed by atoms with Gasteiger partial charge in [-0.15, -0.1) is 0 Å². The van der Waals surface area contributed by atoms with Gasteiger partial charge in [-0.25, -0.2) is 4.98 Å². The van der Waals surface area contributed by atoms with Crippen LogP contribution in [0.4, 0.5) is 5.95 Å². The Kier molecular flexibility index (Phi) is 4.01. The topological polar surface area (TPSA) is 82.2 Å². The molecule has 0 aliphatic rings. The molecular formula is C13H18N4O2. The fourth-order valence-electron chi connectivity index (χ4n) is 1.92. The van der Waals surface area contributed by atoms with E-state index < -0.39 is 0 Å². The van der Waals surface area contributed by atoms with Gasteiger partial charge in [0.15, 0.2) is 0 Å². The largest absolute Gasteiger partial charge is 0.383 e. The molecule has 1 aromatic carbocycles. The van der Waals surface area contributed by atoms with Crippen molar-refractivity contribution in [2.24, 2.45) is 0 Å². The van der Waals surface area contributed by atoms with Gasteiger partial charge in [0.2, 0.25) is 11.9 Å². The van der Waals surface area contributed by atoms with Crippen LogP contribution < -0.4 is 11.1 Å². The highest BCUT2D eigenvalue weighted by molar-refractivity contribution is 5.83. The summed E-state index contributed by atoms with van der Waals surface area (Å²) in [6.45, 7) is 3.13. The number of nitrogens with two attached hydrogens (primary N) is 1. The van der Waals surface area contributed by atoms with E-state index in [1.807, 2.05) is 25.1 Å². The number of aryl methyl sites for hydroxylation is 1. The maximum Gasteiger partial charge on any atom is 0.240 e. The Bertz CT molecular complexity index is 592. The monoisotopic (exact) mass is 262 g/mol. The summed E-state index contributed by atoms with van der Waals surface area (Å²) in [5.41, 5.74) is 8.64. The van der Waals surface area contributed by atoms with Crippen molar-refractivity contribution in [2.45, 2.75) is 13.5 Å². The van der Waals surface area contributed by atoms with Gasteiger partial charge < -0.3 is 20.4 Å². The van der Waals surface area contributed by atoms with E-state index in [9.17, 15) is 4.79 Å². The van der Waals surface area contributed by atoms with Gasteiger partial charge in [0.25, 0.3) is 0 Å². The lowest BCUT2D eigenvalue weighted by Crippen LogP contribution is -2.30. The summed E-state index contributed by atoms with van der Waals surface area (Å²) in [4.78, 5) is 16.0. The molecule has 6 nitrogen and oxygen atoms in total. The zero-order valence-corrected chi connectivity index (χ0v) is 11.1. The molecule has 0 unspecified atom stereocenters. The molecule has 0 bridgehead atoms. The van der Waals surface area contributed by atoms with Crippen molar-refractivity contribution in [1.82, 2.24) is 14.9 Å². The maximum absolute atomic E-state index is 11.8. The third-order valence-corrected chi connectivity index (χ3v) is 2.86. The summed E-state index contributed by atoms with van der Waals surface area (Å²) in [5, 5.41) is 2.76. The smallest absolute Gasteiger partial charge is 0.240 e. The third-order valence-electron chi connectivity index (χ3n) is 2.86. The summed E-state index contributed by atoms with van der Waals surface area (Å²) in [7, 11) is 1.59. The molecular weight excluding hydrogens is 244 g/mol. The molecule has 0 spiro atoms. The van der Waals surface area contributed by atoms with Crippen molar-refractivity contribution in [1.29, 1.82) is 0 Å². The molecule has 0 saturated heterocycles. The van der Waals surface area contributed by atoms with Crippen LogP contribution in [0, 0.1) is 6.92 Å². The average Bonchev–Trinajstić information content (AvgIpc) is 2.65. The van der Waals surface area contributed by atoms with Gasteiger partial charge in [-0.2, -0.15) is 0 Å². The Hall–Kier alpha value is -2.08. The molecule has 19 heavy (non-hydrogen) atoms. The van der Waals surface area contributed by atoms with Crippen molar-refractivity contribution in [2.75, 3.05) is 26.0 Å². The number of hydrogen-bond acceptors (Lipinski definition) is 4. The lowest BCUT2D eigenvalue weighted by Gasteiger charge is -2.07. The first-order chi connectivity index (χ1) is 9.11. The zero-order valence-electron chi connectivity index (χ0n) is 11.1. The van der Waals surface area contributed by atoms with Crippen LogP contribution in [0.5, 0.6) is 0 Å². The number of ether oxygens (including phenoxy) is 1. The Labute approximate surface area is 111 Å². The standard InChI is InChI=1S/C13H18N4O2/c1-9-3-4-11-10(7-9)16-13(14)17(11)8-12(18)15-5-6-19-2/h3-4,7H,5-6,8H2,1-2H3,(H2,14,16)(H,15,18). The van der Waals surface area contributed by atoms with Crippen molar-refractivity contribution >= 4 is 22.9 Å². The molecule has 0 radical (unpaired) electrons. The fraction of sp³-hybridized carbons (Fsp3) is 0.385. The molecule has 102 valence electrons. The lowest BCUT2D eigenvalue weighted by molar-refractivity contribution is -0.121. The van der Waals surface area contributed by atoms with Crippen LogP contribution in [-0.2, 0) is 16.1 Å². The average molecular weight is 262 g/mol. The van der Waals surface area contributed by atoms with Gasteiger partial charge in [0, 0.05) is 13.7 Å². The molecule has 0 atom stereocenters. The first-order valence-electron chi connectivity index (χ1n) is 6.10. The highest BCUT2D eigenvalue weighted by Gasteiger charge is 2.11. The van der Waals surface area contributed by atoms with Gasteiger partial charge in [0.1, 0.15) is 6.54 Å². The number of benzene rings is 1. The minimum absolute atomic E-state index is 0.108. The Morgan fingerprint density at radius 2 is 2.32 bits per heavy atom. The molecule has 2 aromatic rings. The first-order valence-corrected chi connectivity index (χ1v) is 6.10. The molecule has 1 heterocycles. The maximum atomic E-state index is 11.8. The van der Waals surface area contributed by atoms with E-state index in [0.717, 1.165) is 16.6 Å². The number of hydrogen-bond donors (Lipinski definition) is 2. The highest BCUT2D eigenvalue weighted by Crippen LogP contribution is 2.18. The Balaban J connectivity index is 2.16. The van der Waals surface area contributed by atoms with E-state index in [4.69, 9.17) is 10.5 Å². The third kappa shape index (κ3) is 3.03. The van der Waals surface area contributed by atoms with E-state index in [-0.39, 0.29) is 12.5 Å². The van der Waals surface area contributed by atoms with Crippen molar-refractivity contribution < 1.29 is 9.53 Å². The second-order valence-corrected chi connectivity index (χ2v) is 4.39. The van der Waals surface area contributed by atoms with Gasteiger partial charge in [-0.3, -0.25) is 4.79 Å². The normalized spacial score (nSPS) is 10.8. The van der Waals surface area contributed by atoms with Crippen LogP contribution in [0.3, 0.4) is 0 Å². The number of fused-ring (bicyclic) bond motifs is 1. The quantitative estimate of drug-likeness (QED) is 0.777. The Morgan fingerprint density at radius 3 is 3.05 bits per heavy atom. The number of aromatic nitrogens is 2. The highest BCUT2D eigenvalue weighted by atomic mass is 16.5. The Morgan fingerprint density at radius 1 is 1.53 bits per heavy atom. The summed E-state index contributed by atoms with van der Waals surface area (Å²) < 4.78 is 6.58. The van der Waals surface area contributed by atoms with Crippen molar-refractivity contribution in [3.05, 3.63) is 23.8 Å². The predicted octanol–water partition coefficient (Wildman–Crippen LogP) is 0.690. The van der Waals surface area contributed by atoms with Crippen LogP contribution in [0.2, 0.25) is 0 Å². The molecule has 0 fully saturated rings. The second-order valence-electron chi connectivity index (χ2n) is 4.39. The van der Waals surface area contributed by atoms with E-state index in [2.05, 4.69) is 10.3 Å². The van der Waals surface area contributed by atoms with E-state index in [1.165, 1.54) is 0 Å². The van der Waals surface area contributed by atoms with E-state index >= 15 is 0 Å². The van der Waals surface area contributed by atoms with Crippen LogP contribution in [0.25, 0.3) is 11.0 Å². The van der Waals surface area contributed by atoms with Crippen LogP contribution in [0.1, 0.15) is 5.56 Å². The summed E-state index contributed by atoms with van der Waals surface area (Å²) in [6.07, 6.45) is 0. The molecule has 1 aromatic heterocycles. The predicted molar refractivity (Wildman–Crippen MR) is 73.8 cm³/mol. The number of methoxy groups -OCH3 is 1. The van der Waals surface area contributed by atoms with Crippen molar-refractivity contribution in [3.63, 3.8) is 0 Å². The van der Waals surface area contributed by atoms with Crippen LogP contribution in [0.15, 0.2) is 18.2 Å². The van der Waals surface area contributed by atoms with Crippen molar-refractivity contribution in [3.8, 4) is 0 Å². The molecule has 0 saturated carbocycles. The summed E-state index contributed by atoms with van der Waals surface area (Å²) >= 11 is 0. The van der Waals surface area contributed by atoms with Gasteiger partial charge in [-0.05, 0) is 24.6 Å². The number of carbonyl (C=O) groups is 1. The van der Waals surface area contributed by atoms with Crippen LogP contribution >= 0.6 is 0 Å². The molecule has 0 aliphatic carbocycles. The number of rotatable bonds is 5. The SMILES string of the molecule is COCCNC(=O)Cn1c(N)nc2cc(C)ccc21. The molecule has 2 rings (SSSR count). The number of nitrogen functional groups attached to an aromatic ring is 1. The van der Waals surface area contributed by atoms with Gasteiger partial charge >= 0.3 is 0 Å². The number of carbonyl (C=O) groups excluding carboxylic acids is 1. The fourth-order valence-corrected chi connectivity index (χ4v) is 1.92. The number of nitrogens with one attached hydrogen (secondary N) is 1. The molecule has 6 heteroatoms. The number of imidazole rings is 1. The van der Waals surface area contributed by atoms with Crippen LogP contribution in [-0.4, -0.2) is 35.7 Å². The number of amides is 1. The zero-order chi connectivity index (χ0) is 13.8.